The molecule has 0 saturated heterocycles. The molecule has 1 unspecified atom stereocenters. The monoisotopic (exact) mass is 184 g/mol. The first-order valence-electron chi connectivity index (χ1n) is 3.22. The summed E-state index contributed by atoms with van der Waals surface area (Å²) < 4.78 is 21.3. The van der Waals surface area contributed by atoms with Crippen molar-refractivity contribution in [3.8, 4) is 0 Å². The third-order valence-corrected chi connectivity index (χ3v) is 4.00. The fourth-order valence-corrected chi connectivity index (χ4v) is 2.01. The van der Waals surface area contributed by atoms with Crippen molar-refractivity contribution in [3.05, 3.63) is 0 Å². The number of sulfone groups is 1. The number of rotatable bonds is 3. The molecule has 0 bridgehead atoms. The largest absolute Gasteiger partial charge is 0.227 e. The van der Waals surface area contributed by atoms with Crippen LogP contribution < -0.4 is 0 Å². The molecule has 10 heavy (non-hydrogen) atoms. The van der Waals surface area contributed by atoms with Crippen molar-refractivity contribution in [1.82, 2.24) is 0 Å². The van der Waals surface area contributed by atoms with E-state index >= 15 is 0 Å². The zero-order valence-electron chi connectivity index (χ0n) is 6.46. The van der Waals surface area contributed by atoms with Crippen LogP contribution in [0.25, 0.3) is 0 Å². The molecule has 0 N–H and O–H groups in total. The molecule has 0 saturated carbocycles. The molecule has 62 valence electrons. The average Bonchev–Trinajstić information content (AvgIpc) is 1.60. The van der Waals surface area contributed by atoms with E-state index in [0.29, 0.717) is 0 Å². The zero-order chi connectivity index (χ0) is 8.36. The standard InChI is InChI=1S/C6H13ClO2S/c1-5(2)4-10(8,9)6(3)7/h5-6H,4H2,1-3H3. The van der Waals surface area contributed by atoms with Crippen LogP contribution in [0.15, 0.2) is 0 Å². The van der Waals surface area contributed by atoms with Gasteiger partial charge in [-0.3, -0.25) is 0 Å². The van der Waals surface area contributed by atoms with Gasteiger partial charge in [0.15, 0.2) is 9.84 Å². The molecule has 0 rings (SSSR count). The van der Waals surface area contributed by atoms with Crippen molar-refractivity contribution in [2.45, 2.75) is 25.5 Å². The first-order valence-corrected chi connectivity index (χ1v) is 5.37. The lowest BCUT2D eigenvalue weighted by Gasteiger charge is -2.07. The fraction of sp³-hybridized carbons (Fsp3) is 1.00. The van der Waals surface area contributed by atoms with Crippen LogP contribution in [-0.4, -0.2) is 18.9 Å². The molecular weight excluding hydrogens is 172 g/mol. The van der Waals surface area contributed by atoms with Crippen LogP contribution in [0.4, 0.5) is 0 Å². The number of alkyl halides is 1. The summed E-state index contributed by atoms with van der Waals surface area (Å²) in [5.74, 6) is 0.337. The molecule has 0 fully saturated rings. The molecule has 0 aliphatic carbocycles. The Morgan fingerprint density at radius 1 is 1.30 bits per heavy atom. The lowest BCUT2D eigenvalue weighted by Crippen LogP contribution is -2.18. The molecule has 0 radical (unpaired) electrons. The molecule has 0 aliphatic heterocycles. The zero-order valence-corrected chi connectivity index (χ0v) is 8.04. The first kappa shape index (κ1) is 10.2. The Morgan fingerprint density at radius 3 is 1.80 bits per heavy atom. The van der Waals surface area contributed by atoms with Gasteiger partial charge >= 0.3 is 0 Å². The second kappa shape index (κ2) is 3.58. The Hall–Kier alpha value is 0.240. The van der Waals surface area contributed by atoms with Gasteiger partial charge in [0.1, 0.15) is 4.71 Å². The van der Waals surface area contributed by atoms with Crippen molar-refractivity contribution in [2.75, 3.05) is 5.75 Å². The lowest BCUT2D eigenvalue weighted by atomic mass is 10.3. The topological polar surface area (TPSA) is 34.1 Å². The summed E-state index contributed by atoms with van der Waals surface area (Å²) in [4.78, 5) is 0. The van der Waals surface area contributed by atoms with Crippen LogP contribution in [0.2, 0.25) is 0 Å². The Morgan fingerprint density at radius 2 is 1.70 bits per heavy atom. The Labute approximate surface area is 67.5 Å². The van der Waals surface area contributed by atoms with E-state index in [4.69, 9.17) is 11.6 Å². The molecule has 1 atom stereocenters. The molecule has 0 aromatic rings. The van der Waals surface area contributed by atoms with Crippen molar-refractivity contribution >= 4 is 21.4 Å². The Balaban J connectivity index is 4.16. The minimum Gasteiger partial charge on any atom is -0.227 e. The third-order valence-electron chi connectivity index (χ3n) is 1.06. The molecule has 0 amide bonds. The minimum absolute atomic E-state index is 0.159. The van der Waals surface area contributed by atoms with Gasteiger partial charge in [-0.1, -0.05) is 13.8 Å². The summed E-state index contributed by atoms with van der Waals surface area (Å²) in [5.41, 5.74) is 0. The highest BCUT2D eigenvalue weighted by Gasteiger charge is 2.18. The van der Waals surface area contributed by atoms with Crippen LogP contribution in [0.5, 0.6) is 0 Å². The van der Waals surface area contributed by atoms with E-state index in [1.807, 2.05) is 13.8 Å². The van der Waals surface area contributed by atoms with Crippen LogP contribution in [0, 0.1) is 5.92 Å². The number of hydrogen-bond donors (Lipinski definition) is 0. The molecule has 0 spiro atoms. The van der Waals surface area contributed by atoms with E-state index in [9.17, 15) is 8.42 Å². The van der Waals surface area contributed by atoms with E-state index < -0.39 is 14.5 Å². The Kier molecular flexibility index (Phi) is 3.66. The number of hydrogen-bond acceptors (Lipinski definition) is 2. The maximum atomic E-state index is 11.0. The predicted molar refractivity (Wildman–Crippen MR) is 43.9 cm³/mol. The van der Waals surface area contributed by atoms with Gasteiger partial charge in [-0.2, -0.15) is 0 Å². The van der Waals surface area contributed by atoms with Gasteiger partial charge < -0.3 is 0 Å². The summed E-state index contributed by atoms with van der Waals surface area (Å²) >= 11 is 5.43. The molecule has 2 nitrogen and oxygen atoms in total. The van der Waals surface area contributed by atoms with Gasteiger partial charge in [-0.05, 0) is 12.8 Å². The van der Waals surface area contributed by atoms with Crippen LogP contribution in [-0.2, 0) is 9.84 Å². The van der Waals surface area contributed by atoms with Crippen LogP contribution >= 0.6 is 11.6 Å². The van der Waals surface area contributed by atoms with Crippen molar-refractivity contribution in [1.29, 1.82) is 0 Å². The quantitative estimate of drug-likeness (QED) is 0.625. The lowest BCUT2D eigenvalue weighted by molar-refractivity contribution is 0.580. The maximum absolute atomic E-state index is 11.0. The second-order valence-corrected chi connectivity index (χ2v) is 6.05. The van der Waals surface area contributed by atoms with E-state index in [2.05, 4.69) is 0 Å². The summed E-state index contributed by atoms with van der Waals surface area (Å²) in [6.07, 6.45) is 0. The SMILES string of the molecule is CC(C)CS(=O)(=O)C(C)Cl. The van der Waals surface area contributed by atoms with Crippen LogP contribution in [0.1, 0.15) is 20.8 Å². The van der Waals surface area contributed by atoms with Crippen molar-refractivity contribution in [3.63, 3.8) is 0 Å². The summed E-state index contributed by atoms with van der Waals surface area (Å²) in [6, 6.07) is 0. The highest BCUT2D eigenvalue weighted by molar-refractivity contribution is 7.93. The van der Waals surface area contributed by atoms with Gasteiger partial charge in [0.2, 0.25) is 0 Å². The van der Waals surface area contributed by atoms with Gasteiger partial charge in [0.25, 0.3) is 0 Å². The molecule has 0 heterocycles. The molecule has 0 aromatic heterocycles. The highest BCUT2D eigenvalue weighted by Crippen LogP contribution is 2.09. The fourth-order valence-electron chi connectivity index (χ4n) is 0.597. The third kappa shape index (κ3) is 3.42. The minimum atomic E-state index is -3.03. The summed E-state index contributed by atoms with van der Waals surface area (Å²) in [5, 5.41) is 0. The van der Waals surface area contributed by atoms with Crippen molar-refractivity contribution < 1.29 is 8.42 Å². The normalized spacial score (nSPS) is 15.7. The summed E-state index contributed by atoms with van der Waals surface area (Å²) in [7, 11) is -3.03. The van der Waals surface area contributed by atoms with Crippen molar-refractivity contribution in [2.24, 2.45) is 5.92 Å². The highest BCUT2D eigenvalue weighted by atomic mass is 35.5. The first-order chi connectivity index (χ1) is 4.36. The van der Waals surface area contributed by atoms with Gasteiger partial charge in [-0.15, -0.1) is 11.6 Å². The maximum Gasteiger partial charge on any atom is 0.167 e. The van der Waals surface area contributed by atoms with Gasteiger partial charge in [-0.25, -0.2) is 8.42 Å². The number of halogens is 1. The van der Waals surface area contributed by atoms with E-state index in [0.717, 1.165) is 0 Å². The molecular formula is C6H13ClO2S. The van der Waals surface area contributed by atoms with E-state index in [-0.39, 0.29) is 11.7 Å². The smallest absolute Gasteiger partial charge is 0.167 e. The molecule has 4 heteroatoms. The average molecular weight is 185 g/mol. The van der Waals surface area contributed by atoms with Crippen LogP contribution in [0.3, 0.4) is 0 Å². The van der Waals surface area contributed by atoms with Gasteiger partial charge in [0, 0.05) is 0 Å². The Bertz CT molecular complexity index is 182. The molecule has 0 aromatic carbocycles. The predicted octanol–water partition coefficient (Wildman–Crippen LogP) is 1.64. The van der Waals surface area contributed by atoms with Gasteiger partial charge in [0.05, 0.1) is 5.75 Å². The summed E-state index contributed by atoms with van der Waals surface area (Å²) in [6.45, 7) is 5.20. The van der Waals surface area contributed by atoms with E-state index in [1.165, 1.54) is 6.92 Å². The second-order valence-electron chi connectivity index (χ2n) is 2.77. The van der Waals surface area contributed by atoms with E-state index in [1.54, 1.807) is 0 Å². The molecule has 0 aliphatic rings.